The van der Waals surface area contributed by atoms with Crippen LogP contribution in [0.5, 0.6) is 0 Å². The van der Waals surface area contributed by atoms with Gasteiger partial charge in [0.15, 0.2) is 11.6 Å². The summed E-state index contributed by atoms with van der Waals surface area (Å²) >= 11 is 0. The molecule has 3 heterocycles. The molecule has 0 aromatic carbocycles. The van der Waals surface area contributed by atoms with Crippen molar-refractivity contribution >= 4 is 17.6 Å². The third-order valence-electron chi connectivity index (χ3n) is 3.91. The topological polar surface area (TPSA) is 61.3 Å². The lowest BCUT2D eigenvalue weighted by molar-refractivity contribution is -0.141. The fraction of sp³-hybridized carbons (Fsp3) is 0.467. The van der Waals surface area contributed by atoms with Crippen molar-refractivity contribution in [2.75, 3.05) is 55.0 Å². The first-order valence-corrected chi connectivity index (χ1v) is 7.76. The maximum Gasteiger partial charge on any atom is 0.433 e. The second-order valence-electron chi connectivity index (χ2n) is 5.86. The number of hydrogen-bond acceptors (Lipinski definition) is 7. The Morgan fingerprint density at radius 1 is 0.960 bits per heavy atom. The lowest BCUT2D eigenvalue weighted by Crippen LogP contribution is -2.47. The zero-order chi connectivity index (χ0) is 18.0. The minimum Gasteiger partial charge on any atom is -0.361 e. The van der Waals surface area contributed by atoms with Crippen LogP contribution in [0.25, 0.3) is 0 Å². The highest BCUT2D eigenvalue weighted by atomic mass is 19.4. The predicted octanol–water partition coefficient (Wildman–Crippen LogP) is 1.68. The first-order chi connectivity index (χ1) is 11.8. The van der Waals surface area contributed by atoms with Gasteiger partial charge in [-0.3, -0.25) is 0 Å². The maximum atomic E-state index is 12.8. The molecule has 1 aliphatic rings. The molecule has 10 heteroatoms. The minimum atomic E-state index is -4.47. The van der Waals surface area contributed by atoms with Crippen molar-refractivity contribution in [1.82, 2.24) is 20.2 Å². The van der Waals surface area contributed by atoms with E-state index in [0.29, 0.717) is 26.2 Å². The molecule has 0 N–H and O–H groups in total. The Balaban J connectivity index is 1.66. The van der Waals surface area contributed by atoms with Crippen molar-refractivity contribution in [3.8, 4) is 0 Å². The zero-order valence-electron chi connectivity index (χ0n) is 13.9. The quantitative estimate of drug-likeness (QED) is 0.832. The van der Waals surface area contributed by atoms with Crippen LogP contribution in [0.15, 0.2) is 24.4 Å². The van der Waals surface area contributed by atoms with Gasteiger partial charge < -0.3 is 14.7 Å². The molecule has 0 saturated carbocycles. The lowest BCUT2D eigenvalue weighted by Gasteiger charge is -2.35. The summed E-state index contributed by atoms with van der Waals surface area (Å²) in [6.45, 7) is 2.24. The molecule has 1 fully saturated rings. The molecule has 2 aromatic heterocycles. The molecule has 1 saturated heterocycles. The van der Waals surface area contributed by atoms with Crippen LogP contribution in [0.2, 0.25) is 0 Å². The molecule has 0 aliphatic carbocycles. The van der Waals surface area contributed by atoms with Crippen molar-refractivity contribution in [2.45, 2.75) is 6.18 Å². The monoisotopic (exact) mass is 353 g/mol. The van der Waals surface area contributed by atoms with Crippen LogP contribution in [0.1, 0.15) is 5.69 Å². The van der Waals surface area contributed by atoms with Crippen molar-refractivity contribution in [3.63, 3.8) is 0 Å². The van der Waals surface area contributed by atoms with E-state index in [0.717, 1.165) is 23.9 Å². The SMILES string of the molecule is CN(C)c1ccc(N2CCN(c3nccc(C(F)(F)F)n3)CC2)nn1. The highest BCUT2D eigenvalue weighted by Gasteiger charge is 2.33. The van der Waals surface area contributed by atoms with Crippen LogP contribution in [0.4, 0.5) is 30.8 Å². The molecule has 7 nitrogen and oxygen atoms in total. The van der Waals surface area contributed by atoms with E-state index in [1.807, 2.05) is 36.0 Å². The van der Waals surface area contributed by atoms with Crippen LogP contribution >= 0.6 is 0 Å². The number of aromatic nitrogens is 4. The summed E-state index contributed by atoms with van der Waals surface area (Å²) in [4.78, 5) is 13.2. The number of anilines is 3. The van der Waals surface area contributed by atoms with E-state index in [2.05, 4.69) is 20.2 Å². The number of piperazine rings is 1. The van der Waals surface area contributed by atoms with Crippen molar-refractivity contribution in [3.05, 3.63) is 30.1 Å². The first-order valence-electron chi connectivity index (χ1n) is 7.76. The molecule has 0 radical (unpaired) electrons. The Morgan fingerprint density at radius 3 is 2.20 bits per heavy atom. The average molecular weight is 353 g/mol. The van der Waals surface area contributed by atoms with Gasteiger partial charge in [-0.2, -0.15) is 13.2 Å². The molecule has 25 heavy (non-hydrogen) atoms. The fourth-order valence-corrected chi connectivity index (χ4v) is 2.52. The highest BCUT2D eigenvalue weighted by Crippen LogP contribution is 2.28. The van der Waals surface area contributed by atoms with E-state index >= 15 is 0 Å². The van der Waals surface area contributed by atoms with Crippen LogP contribution < -0.4 is 14.7 Å². The number of nitrogens with zero attached hydrogens (tertiary/aromatic N) is 7. The number of halogens is 3. The third-order valence-corrected chi connectivity index (χ3v) is 3.91. The molecule has 3 rings (SSSR count). The standard InChI is InChI=1S/C15H18F3N7/c1-23(2)12-3-4-13(22-21-12)24-7-9-25(10-8-24)14-19-6-5-11(20-14)15(16,17)18/h3-6H,7-10H2,1-2H3. The Bertz CT molecular complexity index is 710. The Hall–Kier alpha value is -2.65. The summed E-state index contributed by atoms with van der Waals surface area (Å²) in [5.41, 5.74) is -0.926. The van der Waals surface area contributed by atoms with Gasteiger partial charge in [0.25, 0.3) is 0 Å². The molecular formula is C15H18F3N7. The van der Waals surface area contributed by atoms with Crippen LogP contribution in [0, 0.1) is 0 Å². The second-order valence-corrected chi connectivity index (χ2v) is 5.86. The summed E-state index contributed by atoms with van der Waals surface area (Å²) in [5.74, 6) is 1.61. The average Bonchev–Trinajstić information content (AvgIpc) is 2.61. The normalized spacial score (nSPS) is 15.4. The Kier molecular flexibility index (Phi) is 4.60. The lowest BCUT2D eigenvalue weighted by atomic mass is 10.3. The Morgan fingerprint density at radius 2 is 1.64 bits per heavy atom. The Labute approximate surface area is 143 Å². The number of rotatable bonds is 3. The summed E-state index contributed by atoms with van der Waals surface area (Å²) < 4.78 is 38.3. The molecule has 134 valence electrons. The maximum absolute atomic E-state index is 12.8. The summed E-state index contributed by atoms with van der Waals surface area (Å²) in [6, 6.07) is 4.64. The van der Waals surface area contributed by atoms with Gasteiger partial charge >= 0.3 is 6.18 Å². The molecule has 0 bridgehead atoms. The molecule has 0 unspecified atom stereocenters. The van der Waals surface area contributed by atoms with Gasteiger partial charge in [-0.25, -0.2) is 9.97 Å². The van der Waals surface area contributed by atoms with Gasteiger partial charge in [0.05, 0.1) is 0 Å². The van der Waals surface area contributed by atoms with Gasteiger partial charge in [-0.05, 0) is 18.2 Å². The van der Waals surface area contributed by atoms with Gasteiger partial charge in [-0.1, -0.05) is 0 Å². The summed E-state index contributed by atoms with van der Waals surface area (Å²) in [7, 11) is 3.77. The summed E-state index contributed by atoms with van der Waals surface area (Å²) in [6.07, 6.45) is -3.33. The van der Waals surface area contributed by atoms with Crippen LogP contribution in [0.3, 0.4) is 0 Å². The van der Waals surface area contributed by atoms with Crippen LogP contribution in [-0.2, 0) is 6.18 Å². The van der Waals surface area contributed by atoms with E-state index in [9.17, 15) is 13.2 Å². The number of alkyl halides is 3. The first kappa shape index (κ1) is 17.2. The molecule has 0 atom stereocenters. The minimum absolute atomic E-state index is 0.100. The second kappa shape index (κ2) is 6.69. The van der Waals surface area contributed by atoms with Gasteiger partial charge in [0, 0.05) is 46.5 Å². The fourth-order valence-electron chi connectivity index (χ4n) is 2.52. The zero-order valence-corrected chi connectivity index (χ0v) is 13.9. The van der Waals surface area contributed by atoms with Crippen molar-refractivity contribution in [2.24, 2.45) is 0 Å². The molecule has 0 spiro atoms. The van der Waals surface area contributed by atoms with E-state index < -0.39 is 11.9 Å². The van der Waals surface area contributed by atoms with Gasteiger partial charge in [-0.15, -0.1) is 10.2 Å². The summed E-state index contributed by atoms with van der Waals surface area (Å²) in [5, 5.41) is 8.34. The molecule has 1 aliphatic heterocycles. The third kappa shape index (κ3) is 3.89. The van der Waals surface area contributed by atoms with Crippen molar-refractivity contribution < 1.29 is 13.2 Å². The van der Waals surface area contributed by atoms with E-state index in [4.69, 9.17) is 0 Å². The van der Waals surface area contributed by atoms with E-state index in [-0.39, 0.29) is 5.95 Å². The smallest absolute Gasteiger partial charge is 0.361 e. The van der Waals surface area contributed by atoms with E-state index in [1.54, 1.807) is 4.90 Å². The van der Waals surface area contributed by atoms with Crippen molar-refractivity contribution in [1.29, 1.82) is 0 Å². The molecule has 0 amide bonds. The molecule has 2 aromatic rings. The van der Waals surface area contributed by atoms with Gasteiger partial charge in [0.2, 0.25) is 5.95 Å². The largest absolute Gasteiger partial charge is 0.433 e. The van der Waals surface area contributed by atoms with Gasteiger partial charge in [0.1, 0.15) is 5.69 Å². The molecular weight excluding hydrogens is 335 g/mol. The predicted molar refractivity (Wildman–Crippen MR) is 87.8 cm³/mol. The highest BCUT2D eigenvalue weighted by molar-refractivity contribution is 5.46. The number of hydrogen-bond donors (Lipinski definition) is 0. The van der Waals surface area contributed by atoms with Crippen LogP contribution in [-0.4, -0.2) is 60.4 Å². The van der Waals surface area contributed by atoms with E-state index in [1.165, 1.54) is 0 Å².